The fraction of sp³-hybridized carbons (Fsp3) is 0.143. The van der Waals surface area contributed by atoms with E-state index in [0.717, 1.165) is 15.2 Å². The predicted octanol–water partition coefficient (Wildman–Crippen LogP) is 4.27. The standard InChI is InChI=1S/C14H10Cl2N2OS/c15-8-5-9(16)14(17-7-8)11(19)6-13-18-10-3-1-2-4-12(10)20-13/h1-5,7,11,19H,6H2. The maximum Gasteiger partial charge on any atom is 0.104 e. The minimum Gasteiger partial charge on any atom is -0.386 e. The molecule has 0 bridgehead atoms. The molecular weight excluding hydrogens is 315 g/mol. The van der Waals surface area contributed by atoms with E-state index in [2.05, 4.69) is 9.97 Å². The average molecular weight is 325 g/mol. The minimum atomic E-state index is -0.791. The largest absolute Gasteiger partial charge is 0.386 e. The molecule has 0 spiro atoms. The molecule has 2 heterocycles. The van der Waals surface area contributed by atoms with Crippen molar-refractivity contribution in [1.29, 1.82) is 0 Å². The monoisotopic (exact) mass is 324 g/mol. The van der Waals surface area contributed by atoms with Crippen molar-refractivity contribution < 1.29 is 5.11 Å². The quantitative estimate of drug-likeness (QED) is 0.782. The summed E-state index contributed by atoms with van der Waals surface area (Å²) in [6.45, 7) is 0. The van der Waals surface area contributed by atoms with Gasteiger partial charge >= 0.3 is 0 Å². The van der Waals surface area contributed by atoms with Gasteiger partial charge in [0.25, 0.3) is 0 Å². The number of aromatic nitrogens is 2. The Balaban J connectivity index is 1.86. The fourth-order valence-corrected chi connectivity index (χ4v) is 3.45. The Bertz CT molecular complexity index is 727. The van der Waals surface area contributed by atoms with E-state index in [1.54, 1.807) is 17.4 Å². The third-order valence-electron chi connectivity index (χ3n) is 2.86. The lowest BCUT2D eigenvalue weighted by Gasteiger charge is -2.09. The highest BCUT2D eigenvalue weighted by atomic mass is 35.5. The van der Waals surface area contributed by atoms with E-state index >= 15 is 0 Å². The number of halogens is 2. The second-order valence-electron chi connectivity index (χ2n) is 4.32. The number of rotatable bonds is 3. The summed E-state index contributed by atoms with van der Waals surface area (Å²) >= 11 is 13.4. The molecule has 0 fully saturated rings. The van der Waals surface area contributed by atoms with Crippen LogP contribution in [0, 0.1) is 0 Å². The molecule has 1 N–H and O–H groups in total. The van der Waals surface area contributed by atoms with Crippen LogP contribution in [0.2, 0.25) is 10.0 Å². The van der Waals surface area contributed by atoms with Crippen molar-refractivity contribution >= 4 is 44.8 Å². The van der Waals surface area contributed by atoms with E-state index in [4.69, 9.17) is 23.2 Å². The van der Waals surface area contributed by atoms with Gasteiger partial charge in [-0.25, -0.2) is 4.98 Å². The van der Waals surface area contributed by atoms with Gasteiger partial charge in [0.05, 0.1) is 31.0 Å². The topological polar surface area (TPSA) is 46.0 Å². The van der Waals surface area contributed by atoms with Gasteiger partial charge in [-0.1, -0.05) is 35.3 Å². The molecule has 0 aliphatic carbocycles. The van der Waals surface area contributed by atoms with Gasteiger partial charge in [0, 0.05) is 12.6 Å². The third-order valence-corrected chi connectivity index (χ3v) is 4.43. The van der Waals surface area contributed by atoms with Gasteiger partial charge in [0.2, 0.25) is 0 Å². The summed E-state index contributed by atoms with van der Waals surface area (Å²) < 4.78 is 1.10. The molecule has 0 aliphatic rings. The first kappa shape index (κ1) is 13.8. The molecular formula is C14H10Cl2N2OS. The van der Waals surface area contributed by atoms with Crippen LogP contribution in [0.1, 0.15) is 16.8 Å². The Morgan fingerprint density at radius 2 is 2.05 bits per heavy atom. The number of hydrogen-bond donors (Lipinski definition) is 1. The predicted molar refractivity (Wildman–Crippen MR) is 82.5 cm³/mol. The Morgan fingerprint density at radius 3 is 2.80 bits per heavy atom. The number of pyridine rings is 1. The summed E-state index contributed by atoms with van der Waals surface area (Å²) in [5, 5.41) is 11.9. The molecule has 0 radical (unpaired) electrons. The Morgan fingerprint density at radius 1 is 1.25 bits per heavy atom. The van der Waals surface area contributed by atoms with Gasteiger partial charge in [0.1, 0.15) is 6.10 Å². The van der Waals surface area contributed by atoms with Crippen molar-refractivity contribution in [3.8, 4) is 0 Å². The van der Waals surface area contributed by atoms with Crippen molar-refractivity contribution in [1.82, 2.24) is 9.97 Å². The molecule has 1 unspecified atom stereocenters. The van der Waals surface area contributed by atoms with Gasteiger partial charge in [-0.05, 0) is 18.2 Å². The molecule has 1 atom stereocenters. The smallest absolute Gasteiger partial charge is 0.104 e. The average Bonchev–Trinajstić information content (AvgIpc) is 2.80. The van der Waals surface area contributed by atoms with Crippen molar-refractivity contribution in [3.05, 3.63) is 57.3 Å². The van der Waals surface area contributed by atoms with Crippen LogP contribution in [0.25, 0.3) is 10.2 Å². The Hall–Kier alpha value is -1.20. The molecule has 3 rings (SSSR count). The lowest BCUT2D eigenvalue weighted by molar-refractivity contribution is 0.173. The van der Waals surface area contributed by atoms with E-state index in [1.165, 1.54) is 6.20 Å². The number of nitrogens with zero attached hydrogens (tertiary/aromatic N) is 2. The van der Waals surface area contributed by atoms with Crippen molar-refractivity contribution in [2.24, 2.45) is 0 Å². The van der Waals surface area contributed by atoms with Crippen molar-refractivity contribution in [2.45, 2.75) is 12.5 Å². The maximum absolute atomic E-state index is 10.2. The van der Waals surface area contributed by atoms with Crippen LogP contribution >= 0.6 is 34.5 Å². The first-order valence-corrected chi connectivity index (χ1v) is 7.54. The van der Waals surface area contributed by atoms with Crippen LogP contribution < -0.4 is 0 Å². The molecule has 0 aliphatic heterocycles. The number of aliphatic hydroxyl groups excluding tert-OH is 1. The van der Waals surface area contributed by atoms with E-state index in [9.17, 15) is 5.11 Å². The molecule has 20 heavy (non-hydrogen) atoms. The van der Waals surface area contributed by atoms with Crippen LogP contribution in [0.5, 0.6) is 0 Å². The third kappa shape index (κ3) is 2.79. The summed E-state index contributed by atoms with van der Waals surface area (Å²) in [6, 6.07) is 9.46. The zero-order valence-electron chi connectivity index (χ0n) is 10.3. The highest BCUT2D eigenvalue weighted by Crippen LogP contribution is 2.29. The Labute approximate surface area is 129 Å². The number of fused-ring (bicyclic) bond motifs is 1. The summed E-state index contributed by atoms with van der Waals surface area (Å²) in [7, 11) is 0. The van der Waals surface area contributed by atoms with E-state index in [1.807, 2.05) is 24.3 Å². The number of hydrogen-bond acceptors (Lipinski definition) is 4. The molecule has 3 nitrogen and oxygen atoms in total. The highest BCUT2D eigenvalue weighted by molar-refractivity contribution is 7.18. The number of thiazole rings is 1. The maximum atomic E-state index is 10.2. The van der Waals surface area contributed by atoms with E-state index in [-0.39, 0.29) is 0 Å². The zero-order valence-corrected chi connectivity index (χ0v) is 12.6. The first-order chi connectivity index (χ1) is 9.63. The highest BCUT2D eigenvalue weighted by Gasteiger charge is 2.16. The Kier molecular flexibility index (Phi) is 3.89. The number of aliphatic hydroxyl groups is 1. The van der Waals surface area contributed by atoms with Crippen LogP contribution in [-0.2, 0) is 6.42 Å². The fourth-order valence-electron chi connectivity index (χ4n) is 1.94. The molecule has 1 aromatic carbocycles. The molecule has 0 amide bonds. The molecule has 0 saturated carbocycles. The van der Waals surface area contributed by atoms with E-state index in [0.29, 0.717) is 22.2 Å². The summed E-state index contributed by atoms with van der Waals surface area (Å²) in [5.41, 5.74) is 1.37. The van der Waals surface area contributed by atoms with Crippen molar-refractivity contribution in [2.75, 3.05) is 0 Å². The van der Waals surface area contributed by atoms with Gasteiger partial charge < -0.3 is 5.11 Å². The summed E-state index contributed by atoms with van der Waals surface area (Å²) in [6.07, 6.45) is 1.07. The second kappa shape index (κ2) is 5.66. The van der Waals surface area contributed by atoms with Crippen LogP contribution in [-0.4, -0.2) is 15.1 Å². The van der Waals surface area contributed by atoms with Crippen molar-refractivity contribution in [3.63, 3.8) is 0 Å². The van der Waals surface area contributed by atoms with Crippen LogP contribution in [0.3, 0.4) is 0 Å². The lowest BCUT2D eigenvalue weighted by atomic mass is 10.2. The summed E-state index contributed by atoms with van der Waals surface area (Å²) in [4.78, 5) is 8.58. The molecule has 0 saturated heterocycles. The molecule has 3 aromatic rings. The van der Waals surface area contributed by atoms with Crippen LogP contribution in [0.4, 0.5) is 0 Å². The molecule has 6 heteroatoms. The van der Waals surface area contributed by atoms with Gasteiger partial charge in [-0.2, -0.15) is 0 Å². The van der Waals surface area contributed by atoms with Gasteiger partial charge in [-0.3, -0.25) is 4.98 Å². The zero-order chi connectivity index (χ0) is 14.1. The molecule has 2 aromatic heterocycles. The van der Waals surface area contributed by atoms with Crippen LogP contribution in [0.15, 0.2) is 36.5 Å². The SMILES string of the molecule is OC(Cc1nc2ccccc2s1)c1ncc(Cl)cc1Cl. The van der Waals surface area contributed by atoms with E-state index < -0.39 is 6.10 Å². The minimum absolute atomic E-state index is 0.367. The normalized spacial score (nSPS) is 12.8. The van der Waals surface area contributed by atoms with Gasteiger partial charge in [-0.15, -0.1) is 11.3 Å². The first-order valence-electron chi connectivity index (χ1n) is 5.97. The summed E-state index contributed by atoms with van der Waals surface area (Å²) in [5.74, 6) is 0. The second-order valence-corrected chi connectivity index (χ2v) is 6.27. The lowest BCUT2D eigenvalue weighted by Crippen LogP contribution is -2.04. The van der Waals surface area contributed by atoms with Gasteiger partial charge in [0.15, 0.2) is 0 Å². The number of para-hydroxylation sites is 1. The molecule has 102 valence electrons. The number of benzene rings is 1.